The van der Waals surface area contributed by atoms with Crippen molar-refractivity contribution >= 4 is 23.3 Å². The van der Waals surface area contributed by atoms with Gasteiger partial charge < -0.3 is 10.2 Å². The van der Waals surface area contributed by atoms with E-state index in [1.807, 2.05) is 0 Å². The molecule has 2 bridgehead atoms. The van der Waals surface area contributed by atoms with Gasteiger partial charge in [-0.05, 0) is 43.0 Å². The van der Waals surface area contributed by atoms with Crippen molar-refractivity contribution in [2.45, 2.75) is 31.3 Å². The fourth-order valence-electron chi connectivity index (χ4n) is 3.73. The second-order valence-corrected chi connectivity index (χ2v) is 6.56. The molecule has 4 rings (SSSR count). The number of halogens is 4. The first kappa shape index (κ1) is 16.2. The van der Waals surface area contributed by atoms with Gasteiger partial charge >= 0.3 is 6.03 Å². The van der Waals surface area contributed by atoms with E-state index < -0.39 is 28.6 Å². The zero-order valence-electron chi connectivity index (χ0n) is 12.9. The van der Waals surface area contributed by atoms with Crippen LogP contribution in [0.3, 0.4) is 0 Å². The predicted molar refractivity (Wildman–Crippen MR) is 85.9 cm³/mol. The van der Waals surface area contributed by atoms with E-state index in [0.717, 1.165) is 24.1 Å². The van der Waals surface area contributed by atoms with Gasteiger partial charge in [0, 0.05) is 17.8 Å². The number of aromatic nitrogens is 1. The van der Waals surface area contributed by atoms with Crippen molar-refractivity contribution in [3.8, 4) is 0 Å². The maximum Gasteiger partial charge on any atom is 0.322 e. The molecule has 1 N–H and O–H groups in total. The summed E-state index contributed by atoms with van der Waals surface area (Å²) < 4.78 is 41.2. The third kappa shape index (κ3) is 2.54. The Morgan fingerprint density at radius 1 is 1.24 bits per heavy atom. The van der Waals surface area contributed by atoms with Gasteiger partial charge in [0.25, 0.3) is 0 Å². The molecule has 1 fully saturated rings. The van der Waals surface area contributed by atoms with E-state index in [1.165, 1.54) is 6.20 Å². The summed E-state index contributed by atoms with van der Waals surface area (Å²) in [6, 6.07) is 2.83. The number of fused-ring (bicyclic) bond motifs is 4. The number of nitrogens with zero attached hydrogens (tertiary/aromatic N) is 2. The largest absolute Gasteiger partial charge is 0.322 e. The third-order valence-corrected chi connectivity index (χ3v) is 5.20. The minimum Gasteiger partial charge on any atom is -0.314 e. The summed E-state index contributed by atoms with van der Waals surface area (Å²) in [5, 5.41) is 1.78. The van der Waals surface area contributed by atoms with E-state index in [2.05, 4.69) is 10.3 Å². The zero-order valence-corrected chi connectivity index (χ0v) is 13.7. The van der Waals surface area contributed by atoms with Crippen LogP contribution < -0.4 is 5.32 Å². The fourth-order valence-corrected chi connectivity index (χ4v) is 3.89. The highest BCUT2D eigenvalue weighted by atomic mass is 35.5. The normalized spacial score (nSPS) is 21.2. The number of rotatable bonds is 1. The molecule has 2 aliphatic heterocycles. The molecule has 1 aromatic carbocycles. The molecule has 130 valence electrons. The van der Waals surface area contributed by atoms with Crippen LogP contribution in [0.15, 0.2) is 24.4 Å². The number of carbonyl (C=O) groups is 1. The highest BCUT2D eigenvalue weighted by Gasteiger charge is 2.43. The number of urea groups is 1. The van der Waals surface area contributed by atoms with Gasteiger partial charge in [-0.25, -0.2) is 18.6 Å². The average Bonchev–Trinajstić information content (AvgIpc) is 2.92. The molecular formula is C17H13ClF3N3O. The zero-order chi connectivity index (χ0) is 17.7. The molecule has 1 aromatic heterocycles. The molecule has 0 unspecified atom stereocenters. The predicted octanol–water partition coefficient (Wildman–Crippen LogP) is 4.45. The number of carbonyl (C=O) groups excluding carboxylic acids is 1. The van der Waals surface area contributed by atoms with Crippen LogP contribution in [0.4, 0.5) is 23.7 Å². The maximum atomic E-state index is 14.0. The average molecular weight is 368 g/mol. The monoisotopic (exact) mass is 367 g/mol. The summed E-state index contributed by atoms with van der Waals surface area (Å²) >= 11 is 5.54. The van der Waals surface area contributed by atoms with E-state index in [1.54, 1.807) is 11.0 Å². The molecule has 25 heavy (non-hydrogen) atoms. The Balaban J connectivity index is 1.63. The number of pyridine rings is 1. The lowest BCUT2D eigenvalue weighted by molar-refractivity contribution is 0.178. The Hall–Kier alpha value is -2.28. The van der Waals surface area contributed by atoms with Crippen molar-refractivity contribution in [1.29, 1.82) is 0 Å². The minimum atomic E-state index is -1.02. The molecule has 8 heteroatoms. The quantitative estimate of drug-likeness (QED) is 0.598. The number of hydrogen-bond acceptors (Lipinski definition) is 2. The van der Waals surface area contributed by atoms with Crippen molar-refractivity contribution in [1.82, 2.24) is 9.88 Å². The number of benzene rings is 1. The highest BCUT2D eigenvalue weighted by Crippen LogP contribution is 2.44. The van der Waals surface area contributed by atoms with Crippen molar-refractivity contribution < 1.29 is 18.0 Å². The van der Waals surface area contributed by atoms with Crippen LogP contribution >= 0.6 is 11.6 Å². The Kier molecular flexibility index (Phi) is 3.83. The first-order valence-corrected chi connectivity index (χ1v) is 8.21. The summed E-state index contributed by atoms with van der Waals surface area (Å²) in [6.07, 6.45) is 3.16. The van der Waals surface area contributed by atoms with Gasteiger partial charge in [-0.2, -0.15) is 4.39 Å². The van der Waals surface area contributed by atoms with Crippen LogP contribution in [0.1, 0.15) is 30.0 Å². The lowest BCUT2D eigenvalue weighted by Crippen LogP contribution is -2.44. The molecule has 2 atom stereocenters. The van der Waals surface area contributed by atoms with Gasteiger partial charge in [0.05, 0.1) is 11.7 Å². The smallest absolute Gasteiger partial charge is 0.314 e. The van der Waals surface area contributed by atoms with Crippen LogP contribution in [-0.4, -0.2) is 22.0 Å². The minimum absolute atomic E-state index is 0.185. The van der Waals surface area contributed by atoms with E-state index >= 15 is 0 Å². The van der Waals surface area contributed by atoms with E-state index in [0.29, 0.717) is 18.4 Å². The van der Waals surface area contributed by atoms with Crippen molar-refractivity contribution in [2.24, 2.45) is 0 Å². The van der Waals surface area contributed by atoms with Crippen molar-refractivity contribution in [3.63, 3.8) is 0 Å². The number of anilines is 1. The molecule has 3 heterocycles. The highest BCUT2D eigenvalue weighted by molar-refractivity contribution is 6.31. The molecule has 0 aliphatic carbocycles. The van der Waals surface area contributed by atoms with Crippen LogP contribution in [0.2, 0.25) is 5.02 Å². The van der Waals surface area contributed by atoms with Gasteiger partial charge in [0.1, 0.15) is 10.8 Å². The summed E-state index contributed by atoms with van der Waals surface area (Å²) in [5.41, 5.74) is 1.08. The Bertz CT molecular complexity index is 876. The van der Waals surface area contributed by atoms with Crippen LogP contribution in [0, 0.1) is 17.6 Å². The second-order valence-electron chi connectivity index (χ2n) is 6.18. The first-order valence-electron chi connectivity index (χ1n) is 7.83. The molecule has 2 aliphatic rings. The number of amides is 2. The lowest BCUT2D eigenvalue weighted by Gasteiger charge is -2.36. The SMILES string of the molecule is O=C(Nc1ccc(F)c(Cl)c1F)N1[C@H]2CC[C@@H]1c1ccnc(F)c1C2. The second kappa shape index (κ2) is 5.91. The molecule has 2 aromatic rings. The molecular weight excluding hydrogens is 355 g/mol. The van der Waals surface area contributed by atoms with Crippen LogP contribution in [0.5, 0.6) is 0 Å². The summed E-state index contributed by atoms with van der Waals surface area (Å²) in [6.45, 7) is 0. The molecule has 4 nitrogen and oxygen atoms in total. The Morgan fingerprint density at radius 3 is 2.84 bits per heavy atom. The van der Waals surface area contributed by atoms with Gasteiger partial charge in [0.15, 0.2) is 5.82 Å². The van der Waals surface area contributed by atoms with Gasteiger partial charge in [0.2, 0.25) is 5.95 Å². The van der Waals surface area contributed by atoms with Gasteiger partial charge in [-0.15, -0.1) is 0 Å². The van der Waals surface area contributed by atoms with Gasteiger partial charge in [-0.3, -0.25) is 0 Å². The topological polar surface area (TPSA) is 45.2 Å². The first-order chi connectivity index (χ1) is 12.0. The molecule has 0 saturated carbocycles. The van der Waals surface area contributed by atoms with E-state index in [-0.39, 0.29) is 17.8 Å². The Labute approximate surface area is 146 Å². The summed E-state index contributed by atoms with van der Waals surface area (Å²) in [7, 11) is 0. The van der Waals surface area contributed by atoms with Gasteiger partial charge in [-0.1, -0.05) is 11.6 Å². The lowest BCUT2D eigenvalue weighted by atomic mass is 9.95. The molecule has 2 amide bonds. The fraction of sp³-hybridized carbons (Fsp3) is 0.294. The standard InChI is InChI=1S/C17H13ClF3N3O/c18-14-11(19)2-3-12(15(14)20)23-17(25)24-8-1-4-13(24)9-5-6-22-16(21)10(9)7-8/h2-3,5-6,8,13H,1,4,7H2,(H,23,25)/t8-,13+/m0/s1. The summed E-state index contributed by atoms with van der Waals surface area (Å²) in [5.74, 6) is -2.42. The molecule has 0 radical (unpaired) electrons. The third-order valence-electron chi connectivity index (χ3n) is 4.85. The van der Waals surface area contributed by atoms with Crippen LogP contribution in [0.25, 0.3) is 0 Å². The summed E-state index contributed by atoms with van der Waals surface area (Å²) in [4.78, 5) is 17.9. The van der Waals surface area contributed by atoms with Crippen molar-refractivity contribution in [2.75, 3.05) is 5.32 Å². The van der Waals surface area contributed by atoms with E-state index in [4.69, 9.17) is 11.6 Å². The maximum absolute atomic E-state index is 14.0. The van der Waals surface area contributed by atoms with E-state index in [9.17, 15) is 18.0 Å². The molecule has 0 spiro atoms. The Morgan fingerprint density at radius 2 is 2.04 bits per heavy atom. The van der Waals surface area contributed by atoms with Crippen molar-refractivity contribution in [3.05, 3.63) is 58.1 Å². The molecule has 1 saturated heterocycles. The van der Waals surface area contributed by atoms with Crippen LogP contribution in [-0.2, 0) is 6.42 Å². The number of hydrogen-bond donors (Lipinski definition) is 1. The number of nitrogens with one attached hydrogen (secondary N) is 1.